The number of methoxy groups -OCH3 is 1. The summed E-state index contributed by atoms with van der Waals surface area (Å²) in [6.45, 7) is 7.92. The van der Waals surface area contributed by atoms with Crippen molar-refractivity contribution in [2.45, 2.75) is 44.1 Å². The molecule has 3 aromatic carbocycles. The predicted octanol–water partition coefficient (Wildman–Crippen LogP) is 6.37. The molecule has 1 unspecified atom stereocenters. The van der Waals surface area contributed by atoms with E-state index in [2.05, 4.69) is 4.90 Å². The number of benzene rings is 3. The summed E-state index contributed by atoms with van der Waals surface area (Å²) >= 11 is 0. The molecule has 2 aliphatic heterocycles. The van der Waals surface area contributed by atoms with Crippen LogP contribution in [0.1, 0.15) is 44.2 Å². The standard InChI is InChI=1S/C31H35NO5S/c1-22(2)36-25-9-7-23(8-10-25)31-30(28-16-15-27(34-3)21-29(28)38(31)33)37-26-13-11-24(12-14-26)35-20-19-32-17-5-4-6-18-32/h7-16,21-22H,4-6,17-20H2,1-3H3. The summed E-state index contributed by atoms with van der Waals surface area (Å²) in [5.41, 5.74) is 1.62. The fraction of sp³-hybridized carbons (Fsp3) is 0.355. The molecule has 1 atom stereocenters. The zero-order valence-corrected chi connectivity index (χ0v) is 23.1. The van der Waals surface area contributed by atoms with Crippen molar-refractivity contribution in [3.05, 3.63) is 77.9 Å². The Kier molecular flexibility index (Phi) is 8.35. The number of piperidine rings is 1. The Morgan fingerprint density at radius 3 is 2.18 bits per heavy atom. The molecule has 1 saturated heterocycles. The van der Waals surface area contributed by atoms with E-state index in [0.29, 0.717) is 33.7 Å². The zero-order valence-electron chi connectivity index (χ0n) is 22.3. The van der Waals surface area contributed by atoms with E-state index in [0.717, 1.165) is 42.3 Å². The van der Waals surface area contributed by atoms with Crippen molar-refractivity contribution in [3.8, 4) is 23.0 Å². The van der Waals surface area contributed by atoms with Crippen LogP contribution in [0, 0.1) is 0 Å². The van der Waals surface area contributed by atoms with Crippen LogP contribution in [0.15, 0.2) is 71.6 Å². The zero-order chi connectivity index (χ0) is 26.5. The Balaban J connectivity index is 1.36. The van der Waals surface area contributed by atoms with Gasteiger partial charge in [-0.3, -0.25) is 4.90 Å². The van der Waals surface area contributed by atoms with E-state index in [-0.39, 0.29) is 6.10 Å². The van der Waals surface area contributed by atoms with Crippen LogP contribution in [0.5, 0.6) is 23.0 Å². The maximum atomic E-state index is 13.7. The van der Waals surface area contributed by atoms with Gasteiger partial charge in [-0.1, -0.05) is 6.42 Å². The lowest BCUT2D eigenvalue weighted by Crippen LogP contribution is -2.33. The highest BCUT2D eigenvalue weighted by Gasteiger charge is 2.32. The van der Waals surface area contributed by atoms with Gasteiger partial charge in [0.05, 0.1) is 33.8 Å². The van der Waals surface area contributed by atoms with Gasteiger partial charge in [0.25, 0.3) is 0 Å². The normalized spacial score (nSPS) is 17.4. The Morgan fingerprint density at radius 2 is 1.50 bits per heavy atom. The summed E-state index contributed by atoms with van der Waals surface area (Å²) in [6.07, 6.45) is 3.97. The number of likely N-dealkylation sites (tertiary alicyclic amines) is 1. The minimum Gasteiger partial charge on any atom is -0.497 e. The number of ether oxygens (including phenoxy) is 4. The summed E-state index contributed by atoms with van der Waals surface area (Å²) in [5.74, 6) is 3.47. The molecule has 0 radical (unpaired) electrons. The second kappa shape index (κ2) is 12.0. The van der Waals surface area contributed by atoms with E-state index in [9.17, 15) is 4.21 Å². The van der Waals surface area contributed by atoms with Gasteiger partial charge in [0.1, 0.15) is 29.6 Å². The smallest absolute Gasteiger partial charge is 0.152 e. The van der Waals surface area contributed by atoms with Gasteiger partial charge in [-0.25, -0.2) is 4.21 Å². The van der Waals surface area contributed by atoms with Crippen LogP contribution in [-0.4, -0.2) is 48.6 Å². The van der Waals surface area contributed by atoms with Gasteiger partial charge in [0, 0.05) is 12.1 Å². The van der Waals surface area contributed by atoms with E-state index in [4.69, 9.17) is 18.9 Å². The lowest BCUT2D eigenvalue weighted by Gasteiger charge is -2.26. The van der Waals surface area contributed by atoms with Gasteiger partial charge in [-0.2, -0.15) is 0 Å². The molecule has 3 aromatic rings. The number of hydrogen-bond donors (Lipinski definition) is 0. The molecule has 38 heavy (non-hydrogen) atoms. The Bertz CT molecular complexity index is 1290. The fourth-order valence-electron chi connectivity index (χ4n) is 4.78. The molecule has 200 valence electrons. The first-order valence-corrected chi connectivity index (χ1v) is 14.4. The molecule has 6 nitrogen and oxygen atoms in total. The highest BCUT2D eigenvalue weighted by Crippen LogP contribution is 2.44. The van der Waals surface area contributed by atoms with Crippen molar-refractivity contribution in [1.82, 2.24) is 4.90 Å². The van der Waals surface area contributed by atoms with E-state index < -0.39 is 10.8 Å². The second-order valence-corrected chi connectivity index (χ2v) is 11.2. The Hall–Kier alpha value is -3.29. The van der Waals surface area contributed by atoms with Crippen molar-refractivity contribution in [1.29, 1.82) is 0 Å². The van der Waals surface area contributed by atoms with Gasteiger partial charge in [0.2, 0.25) is 0 Å². The molecule has 0 spiro atoms. The maximum Gasteiger partial charge on any atom is 0.152 e. The van der Waals surface area contributed by atoms with Gasteiger partial charge < -0.3 is 18.9 Å². The number of nitrogens with zero attached hydrogens (tertiary/aromatic N) is 1. The molecular weight excluding hydrogens is 498 g/mol. The fourth-order valence-corrected chi connectivity index (χ4v) is 6.25. The van der Waals surface area contributed by atoms with Crippen molar-refractivity contribution in [2.75, 3.05) is 33.4 Å². The largest absolute Gasteiger partial charge is 0.497 e. The van der Waals surface area contributed by atoms with Crippen molar-refractivity contribution in [2.24, 2.45) is 0 Å². The third kappa shape index (κ3) is 6.05. The molecule has 0 saturated carbocycles. The van der Waals surface area contributed by atoms with Crippen molar-refractivity contribution >= 4 is 21.5 Å². The molecule has 0 aromatic heterocycles. The topological polar surface area (TPSA) is 57.2 Å². The SMILES string of the molecule is COc1ccc2c(c1)S(=O)C(c1ccc(OC(C)C)cc1)=C2Oc1ccc(OCCN2CCCCC2)cc1. The van der Waals surface area contributed by atoms with Gasteiger partial charge in [-0.05, 0) is 112 Å². The molecule has 1 fully saturated rings. The monoisotopic (exact) mass is 533 g/mol. The molecule has 0 N–H and O–H groups in total. The third-order valence-corrected chi connectivity index (χ3v) is 8.21. The molecular formula is C31H35NO5S. The first kappa shape index (κ1) is 26.3. The van der Waals surface area contributed by atoms with Crippen LogP contribution >= 0.6 is 0 Å². The average Bonchev–Trinajstić information content (AvgIpc) is 3.20. The van der Waals surface area contributed by atoms with Crippen LogP contribution in [0.3, 0.4) is 0 Å². The summed E-state index contributed by atoms with van der Waals surface area (Å²) in [7, 11) is 0.180. The number of hydrogen-bond acceptors (Lipinski definition) is 6. The molecule has 0 amide bonds. The minimum atomic E-state index is -1.43. The van der Waals surface area contributed by atoms with Gasteiger partial charge in [-0.15, -0.1) is 0 Å². The Morgan fingerprint density at radius 1 is 0.842 bits per heavy atom. The van der Waals surface area contributed by atoms with Crippen molar-refractivity contribution in [3.63, 3.8) is 0 Å². The van der Waals surface area contributed by atoms with Crippen LogP contribution < -0.4 is 18.9 Å². The second-order valence-electron chi connectivity index (χ2n) is 9.80. The molecule has 7 heteroatoms. The highest BCUT2D eigenvalue weighted by molar-refractivity contribution is 7.95. The maximum absolute atomic E-state index is 13.7. The summed E-state index contributed by atoms with van der Waals surface area (Å²) < 4.78 is 37.3. The van der Waals surface area contributed by atoms with Crippen LogP contribution in [0.2, 0.25) is 0 Å². The first-order valence-electron chi connectivity index (χ1n) is 13.3. The minimum absolute atomic E-state index is 0.0769. The van der Waals surface area contributed by atoms with Crippen molar-refractivity contribution < 1.29 is 23.2 Å². The third-order valence-electron chi connectivity index (χ3n) is 6.68. The average molecular weight is 534 g/mol. The summed E-state index contributed by atoms with van der Waals surface area (Å²) in [5, 5.41) is 0. The van der Waals surface area contributed by atoms with Crippen LogP contribution in [-0.2, 0) is 10.8 Å². The lowest BCUT2D eigenvalue weighted by molar-refractivity contribution is 0.183. The van der Waals surface area contributed by atoms with E-state index >= 15 is 0 Å². The summed E-state index contributed by atoms with van der Waals surface area (Å²) in [4.78, 5) is 3.77. The number of fused-ring (bicyclic) bond motifs is 1. The highest BCUT2D eigenvalue weighted by atomic mass is 32.2. The van der Waals surface area contributed by atoms with Gasteiger partial charge in [0.15, 0.2) is 5.76 Å². The molecule has 2 heterocycles. The molecule has 0 aliphatic carbocycles. The Labute approximate surface area is 227 Å². The van der Waals surface area contributed by atoms with Gasteiger partial charge >= 0.3 is 0 Å². The van der Waals surface area contributed by atoms with Crippen LogP contribution in [0.25, 0.3) is 10.7 Å². The first-order chi connectivity index (χ1) is 18.5. The van der Waals surface area contributed by atoms with E-state index in [1.54, 1.807) is 7.11 Å². The van der Waals surface area contributed by atoms with Crippen LogP contribution in [0.4, 0.5) is 0 Å². The number of rotatable bonds is 10. The lowest BCUT2D eigenvalue weighted by atomic mass is 10.1. The van der Waals surface area contributed by atoms with E-state index in [1.165, 1.54) is 19.3 Å². The van der Waals surface area contributed by atoms with E-state index in [1.807, 2.05) is 80.6 Å². The molecule has 5 rings (SSSR count). The summed E-state index contributed by atoms with van der Waals surface area (Å²) in [6, 6.07) is 20.9. The molecule has 0 bridgehead atoms. The quantitative estimate of drug-likeness (QED) is 0.302. The molecule has 2 aliphatic rings. The predicted molar refractivity (Wildman–Crippen MR) is 151 cm³/mol.